The molecule has 1 aliphatic carbocycles. The molecule has 1 heterocycles. The quantitative estimate of drug-likeness (QED) is 0.162. The van der Waals surface area contributed by atoms with Crippen molar-refractivity contribution in [3.05, 3.63) is 222 Å². The van der Waals surface area contributed by atoms with Gasteiger partial charge in [0.2, 0.25) is 0 Å². The Balaban J connectivity index is 1.12. The topological polar surface area (TPSA) is 3.24 Å². The molecule has 10 aromatic rings. The molecule has 0 bridgehead atoms. The summed E-state index contributed by atoms with van der Waals surface area (Å²) >= 11 is 1.90. The smallest absolute Gasteiger partial charge is 0.0713 e. The third-order valence-electron chi connectivity index (χ3n) is 11.3. The van der Waals surface area contributed by atoms with Crippen LogP contribution in [0.15, 0.2) is 200 Å². The van der Waals surface area contributed by atoms with E-state index in [0.29, 0.717) is 0 Å². The summed E-state index contributed by atoms with van der Waals surface area (Å²) in [5.74, 6) is 0. The first kappa shape index (κ1) is 30.2. The Morgan fingerprint density at radius 1 is 0.377 bits per heavy atom. The van der Waals surface area contributed by atoms with E-state index in [-0.39, 0.29) is 0 Å². The molecule has 0 unspecified atom stereocenters. The van der Waals surface area contributed by atoms with Crippen molar-refractivity contribution in [3.63, 3.8) is 0 Å². The molecule has 0 amide bonds. The van der Waals surface area contributed by atoms with Gasteiger partial charge in [-0.3, -0.25) is 0 Å². The molecule has 9 aromatic carbocycles. The Labute approximate surface area is 312 Å². The van der Waals surface area contributed by atoms with Gasteiger partial charge in [0.25, 0.3) is 0 Å². The van der Waals surface area contributed by atoms with Crippen LogP contribution in [0.3, 0.4) is 0 Å². The van der Waals surface area contributed by atoms with Gasteiger partial charge in [-0.05, 0) is 92.0 Å². The summed E-state index contributed by atoms with van der Waals surface area (Å²) in [5.41, 5.74) is 10.8. The van der Waals surface area contributed by atoms with Gasteiger partial charge in [-0.2, -0.15) is 0 Å². The molecule has 0 N–H and O–H groups in total. The van der Waals surface area contributed by atoms with Crippen LogP contribution in [0.4, 0.5) is 17.1 Å². The highest BCUT2D eigenvalue weighted by molar-refractivity contribution is 7.26. The highest BCUT2D eigenvalue weighted by Gasteiger charge is 2.45. The lowest BCUT2D eigenvalue weighted by Gasteiger charge is -2.34. The van der Waals surface area contributed by atoms with Gasteiger partial charge >= 0.3 is 0 Å². The van der Waals surface area contributed by atoms with Gasteiger partial charge in [-0.25, -0.2) is 0 Å². The third-order valence-corrected chi connectivity index (χ3v) is 12.5. The van der Waals surface area contributed by atoms with Gasteiger partial charge in [-0.1, -0.05) is 158 Å². The highest BCUT2D eigenvalue weighted by atomic mass is 32.1. The van der Waals surface area contributed by atoms with Crippen LogP contribution in [-0.2, 0) is 5.41 Å². The maximum absolute atomic E-state index is 2.40. The van der Waals surface area contributed by atoms with Crippen molar-refractivity contribution in [1.82, 2.24) is 0 Å². The molecule has 1 aromatic heterocycles. The molecule has 53 heavy (non-hydrogen) atoms. The number of rotatable bonds is 5. The number of hydrogen-bond donors (Lipinski definition) is 0. The summed E-state index contributed by atoms with van der Waals surface area (Å²) in [5, 5.41) is 7.78. The Morgan fingerprint density at radius 2 is 0.925 bits per heavy atom. The SMILES string of the molecule is c1ccc(N(c2ccc(C3(c4ccccc4)c4ccccc4-c4ccccc43)cc2)c2ccc3ccc4ccc5c6ccccc6sc5c4c3c2)cc1. The molecular weight excluding hydrogens is 659 g/mol. The van der Waals surface area contributed by atoms with E-state index < -0.39 is 5.41 Å². The maximum atomic E-state index is 2.40. The van der Waals surface area contributed by atoms with E-state index >= 15 is 0 Å². The van der Waals surface area contributed by atoms with E-state index in [0.717, 1.165) is 17.1 Å². The Hall–Kier alpha value is -6.48. The number of hydrogen-bond acceptors (Lipinski definition) is 2. The Kier molecular flexibility index (Phi) is 6.71. The van der Waals surface area contributed by atoms with Crippen molar-refractivity contribution in [2.45, 2.75) is 5.41 Å². The number of benzene rings is 9. The second-order valence-corrected chi connectivity index (χ2v) is 15.1. The zero-order valence-corrected chi connectivity index (χ0v) is 29.7. The number of thiophene rings is 1. The summed E-state index contributed by atoms with van der Waals surface area (Å²) in [6.07, 6.45) is 0. The Morgan fingerprint density at radius 3 is 1.68 bits per heavy atom. The summed E-state index contributed by atoms with van der Waals surface area (Å²) in [6, 6.07) is 73.9. The number of fused-ring (bicyclic) bond motifs is 10. The minimum atomic E-state index is -0.429. The van der Waals surface area contributed by atoms with Crippen LogP contribution >= 0.6 is 11.3 Å². The van der Waals surface area contributed by atoms with Crippen molar-refractivity contribution in [3.8, 4) is 11.1 Å². The first-order valence-corrected chi connectivity index (χ1v) is 19.1. The molecule has 248 valence electrons. The minimum Gasteiger partial charge on any atom is -0.310 e. The lowest BCUT2D eigenvalue weighted by Crippen LogP contribution is -2.28. The maximum Gasteiger partial charge on any atom is 0.0713 e. The largest absolute Gasteiger partial charge is 0.310 e. The fourth-order valence-electron chi connectivity index (χ4n) is 9.04. The molecule has 0 atom stereocenters. The van der Waals surface area contributed by atoms with Crippen molar-refractivity contribution in [2.75, 3.05) is 4.90 Å². The molecule has 11 rings (SSSR count). The van der Waals surface area contributed by atoms with Crippen LogP contribution in [0.5, 0.6) is 0 Å². The fourth-order valence-corrected chi connectivity index (χ4v) is 10.3. The van der Waals surface area contributed by atoms with Gasteiger partial charge in [0.05, 0.1) is 5.41 Å². The molecular formula is C51H33NS. The van der Waals surface area contributed by atoms with E-state index in [4.69, 9.17) is 0 Å². The van der Waals surface area contributed by atoms with Crippen LogP contribution < -0.4 is 4.90 Å². The van der Waals surface area contributed by atoms with Gasteiger partial charge in [0.15, 0.2) is 0 Å². The van der Waals surface area contributed by atoms with Crippen molar-refractivity contribution < 1.29 is 0 Å². The van der Waals surface area contributed by atoms with Crippen LogP contribution in [-0.4, -0.2) is 0 Å². The van der Waals surface area contributed by atoms with Crippen molar-refractivity contribution in [1.29, 1.82) is 0 Å². The van der Waals surface area contributed by atoms with Crippen molar-refractivity contribution >= 4 is 70.1 Å². The van der Waals surface area contributed by atoms with E-state index in [1.54, 1.807) is 0 Å². The molecule has 0 saturated heterocycles. The number of anilines is 3. The van der Waals surface area contributed by atoms with Crippen LogP contribution in [0.1, 0.15) is 22.3 Å². The average Bonchev–Trinajstić information content (AvgIpc) is 3.76. The summed E-state index contributed by atoms with van der Waals surface area (Å²) < 4.78 is 2.68. The zero-order chi connectivity index (χ0) is 34.9. The average molecular weight is 692 g/mol. The number of para-hydroxylation sites is 1. The first-order chi connectivity index (χ1) is 26.3. The fraction of sp³-hybridized carbons (Fsp3) is 0.0196. The van der Waals surface area contributed by atoms with E-state index in [1.165, 1.54) is 75.1 Å². The van der Waals surface area contributed by atoms with Crippen molar-refractivity contribution in [2.24, 2.45) is 0 Å². The second-order valence-electron chi connectivity index (χ2n) is 14.0. The minimum absolute atomic E-state index is 0.429. The Bertz CT molecular complexity index is 2950. The lowest BCUT2D eigenvalue weighted by molar-refractivity contribution is 0.768. The van der Waals surface area contributed by atoms with E-state index in [2.05, 4.69) is 205 Å². The molecule has 0 spiro atoms. The summed E-state index contributed by atoms with van der Waals surface area (Å²) in [7, 11) is 0. The van der Waals surface area contributed by atoms with Crippen LogP contribution in [0, 0.1) is 0 Å². The monoisotopic (exact) mass is 691 g/mol. The van der Waals surface area contributed by atoms with Gasteiger partial charge < -0.3 is 4.90 Å². The molecule has 0 fully saturated rings. The summed E-state index contributed by atoms with van der Waals surface area (Å²) in [6.45, 7) is 0. The number of nitrogens with zero attached hydrogens (tertiary/aromatic N) is 1. The van der Waals surface area contributed by atoms with Gasteiger partial charge in [0.1, 0.15) is 0 Å². The predicted molar refractivity (Wildman–Crippen MR) is 226 cm³/mol. The molecule has 2 heteroatoms. The highest BCUT2D eigenvalue weighted by Crippen LogP contribution is 2.56. The molecule has 0 saturated carbocycles. The van der Waals surface area contributed by atoms with Crippen LogP contribution in [0.25, 0.3) is 52.8 Å². The van der Waals surface area contributed by atoms with Gasteiger partial charge in [-0.15, -0.1) is 11.3 Å². The molecule has 0 radical (unpaired) electrons. The summed E-state index contributed by atoms with van der Waals surface area (Å²) in [4.78, 5) is 2.40. The van der Waals surface area contributed by atoms with E-state index in [1.807, 2.05) is 11.3 Å². The van der Waals surface area contributed by atoms with Crippen LogP contribution in [0.2, 0.25) is 0 Å². The van der Waals surface area contributed by atoms with Gasteiger partial charge in [0, 0.05) is 42.6 Å². The lowest BCUT2D eigenvalue weighted by atomic mass is 9.68. The third kappa shape index (κ3) is 4.43. The molecule has 1 aliphatic rings. The standard InChI is InChI=1S/C51H33NS/c1-3-13-36(14-4-1)51(46-20-10-7-17-41(46)42-18-8-11-21-47(42)51)37-27-30-39(31-28-37)52(38-15-5-2-6-16-38)40-29-25-34-23-24-35-26-32-44-43-19-9-12-22-48(43)53-50(44)49(35)45(34)33-40/h1-33H. The molecule has 1 nitrogen and oxygen atoms in total. The van der Waals surface area contributed by atoms with E-state index in [9.17, 15) is 0 Å². The molecule has 0 aliphatic heterocycles. The first-order valence-electron chi connectivity index (χ1n) is 18.3. The second kappa shape index (κ2) is 11.8. The predicted octanol–water partition coefficient (Wildman–Crippen LogP) is 14.2. The zero-order valence-electron chi connectivity index (χ0n) is 28.9. The normalized spacial score (nSPS) is 13.1.